The molecular formula is C14H10ClNO5S. The monoisotopic (exact) mass is 339 g/mol. The van der Waals surface area contributed by atoms with E-state index in [0.29, 0.717) is 15.7 Å². The first-order chi connectivity index (χ1) is 10.4. The zero-order chi connectivity index (χ0) is 16.3. The van der Waals surface area contributed by atoms with Crippen molar-refractivity contribution < 1.29 is 19.6 Å². The van der Waals surface area contributed by atoms with Crippen molar-refractivity contribution in [3.63, 3.8) is 0 Å². The van der Waals surface area contributed by atoms with Gasteiger partial charge in [-0.25, -0.2) is 4.79 Å². The largest absolute Gasteiger partial charge is 0.497 e. The number of halogens is 1. The maximum Gasteiger partial charge on any atom is 0.336 e. The number of nitro benzene ring substituents is 1. The van der Waals surface area contributed by atoms with Crippen LogP contribution in [0.2, 0.25) is 5.02 Å². The average molecular weight is 340 g/mol. The second kappa shape index (κ2) is 6.67. The van der Waals surface area contributed by atoms with Crippen LogP contribution < -0.4 is 4.74 Å². The van der Waals surface area contributed by atoms with Gasteiger partial charge in [0, 0.05) is 16.0 Å². The highest BCUT2D eigenvalue weighted by molar-refractivity contribution is 7.99. The third kappa shape index (κ3) is 3.49. The van der Waals surface area contributed by atoms with Crippen LogP contribution in [0, 0.1) is 10.1 Å². The third-order valence-corrected chi connectivity index (χ3v) is 4.11. The van der Waals surface area contributed by atoms with Gasteiger partial charge in [-0.05, 0) is 30.3 Å². The van der Waals surface area contributed by atoms with E-state index in [2.05, 4.69) is 0 Å². The summed E-state index contributed by atoms with van der Waals surface area (Å²) in [4.78, 5) is 22.5. The molecule has 0 heterocycles. The van der Waals surface area contributed by atoms with E-state index in [9.17, 15) is 20.0 Å². The molecule has 114 valence electrons. The summed E-state index contributed by atoms with van der Waals surface area (Å²) in [5.41, 5.74) is -0.139. The summed E-state index contributed by atoms with van der Waals surface area (Å²) in [6.45, 7) is 0. The molecule has 2 aromatic carbocycles. The molecule has 0 aliphatic heterocycles. The van der Waals surface area contributed by atoms with Gasteiger partial charge in [-0.2, -0.15) is 0 Å². The molecule has 0 spiro atoms. The standard InChI is InChI=1S/C14H10ClNO5S/c1-21-9-3-5-12(10(7-9)14(17)18)22-13-6-8(15)2-4-11(13)16(19)20/h2-7H,1H3,(H,17,18). The lowest BCUT2D eigenvalue weighted by molar-refractivity contribution is -0.387. The van der Waals surface area contributed by atoms with Crippen LogP contribution in [0.15, 0.2) is 46.2 Å². The van der Waals surface area contributed by atoms with Crippen LogP contribution >= 0.6 is 23.4 Å². The van der Waals surface area contributed by atoms with Crippen LogP contribution in [0.4, 0.5) is 5.69 Å². The Morgan fingerprint density at radius 3 is 2.59 bits per heavy atom. The summed E-state index contributed by atoms with van der Waals surface area (Å²) in [5, 5.41) is 20.7. The number of aromatic carboxylic acids is 1. The molecule has 0 amide bonds. The van der Waals surface area contributed by atoms with Crippen molar-refractivity contribution in [1.82, 2.24) is 0 Å². The van der Waals surface area contributed by atoms with Crippen molar-refractivity contribution in [2.45, 2.75) is 9.79 Å². The Balaban J connectivity index is 2.49. The van der Waals surface area contributed by atoms with Crippen molar-refractivity contribution in [2.24, 2.45) is 0 Å². The molecule has 0 saturated heterocycles. The lowest BCUT2D eigenvalue weighted by Gasteiger charge is -2.08. The maximum absolute atomic E-state index is 11.3. The number of hydrogen-bond acceptors (Lipinski definition) is 5. The van der Waals surface area contributed by atoms with Crippen LogP contribution in [0.3, 0.4) is 0 Å². The quantitative estimate of drug-likeness (QED) is 0.651. The number of rotatable bonds is 5. The van der Waals surface area contributed by atoms with E-state index < -0.39 is 10.9 Å². The molecule has 0 fully saturated rings. The Morgan fingerprint density at radius 2 is 2.00 bits per heavy atom. The highest BCUT2D eigenvalue weighted by atomic mass is 35.5. The Bertz CT molecular complexity index is 750. The minimum atomic E-state index is -1.15. The summed E-state index contributed by atoms with van der Waals surface area (Å²) in [5.74, 6) is -0.756. The summed E-state index contributed by atoms with van der Waals surface area (Å²) < 4.78 is 4.99. The van der Waals surface area contributed by atoms with Gasteiger partial charge in [0.05, 0.1) is 22.5 Å². The van der Waals surface area contributed by atoms with Crippen molar-refractivity contribution in [3.8, 4) is 5.75 Å². The molecule has 2 rings (SSSR count). The number of nitrogens with zero attached hydrogens (tertiary/aromatic N) is 1. The summed E-state index contributed by atoms with van der Waals surface area (Å²) in [7, 11) is 1.43. The smallest absolute Gasteiger partial charge is 0.336 e. The second-order valence-corrected chi connectivity index (χ2v) is 5.66. The van der Waals surface area contributed by atoms with Gasteiger partial charge < -0.3 is 9.84 Å². The minimum Gasteiger partial charge on any atom is -0.497 e. The molecule has 1 N–H and O–H groups in total. The fraction of sp³-hybridized carbons (Fsp3) is 0.0714. The Hall–Kier alpha value is -2.25. The zero-order valence-electron chi connectivity index (χ0n) is 11.3. The van der Waals surface area contributed by atoms with Crippen LogP contribution in [0.5, 0.6) is 5.75 Å². The lowest BCUT2D eigenvalue weighted by atomic mass is 10.2. The van der Waals surface area contributed by atoms with Crippen LogP contribution in [-0.4, -0.2) is 23.1 Å². The van der Waals surface area contributed by atoms with Gasteiger partial charge >= 0.3 is 5.97 Å². The highest BCUT2D eigenvalue weighted by Crippen LogP contribution is 2.38. The van der Waals surface area contributed by atoms with Gasteiger partial charge in [0.15, 0.2) is 0 Å². The number of nitro groups is 1. The first kappa shape index (κ1) is 16.1. The maximum atomic E-state index is 11.3. The van der Waals surface area contributed by atoms with Gasteiger partial charge in [-0.1, -0.05) is 23.4 Å². The number of carboxylic acids is 1. The summed E-state index contributed by atoms with van der Waals surface area (Å²) in [6.07, 6.45) is 0. The molecule has 0 aliphatic carbocycles. The normalized spacial score (nSPS) is 10.3. The van der Waals surface area contributed by atoms with E-state index in [1.807, 2.05) is 0 Å². The number of benzene rings is 2. The summed E-state index contributed by atoms with van der Waals surface area (Å²) in [6, 6.07) is 8.62. The van der Waals surface area contributed by atoms with Crippen molar-refractivity contribution >= 4 is 35.0 Å². The fourth-order valence-corrected chi connectivity index (χ4v) is 3.03. The number of carboxylic acid groups (broad SMARTS) is 1. The first-order valence-electron chi connectivity index (χ1n) is 5.95. The van der Waals surface area contributed by atoms with Crippen molar-refractivity contribution in [2.75, 3.05) is 7.11 Å². The molecule has 0 saturated carbocycles. The third-order valence-electron chi connectivity index (χ3n) is 2.76. The summed E-state index contributed by atoms with van der Waals surface area (Å²) >= 11 is 6.83. The predicted molar refractivity (Wildman–Crippen MR) is 82.2 cm³/mol. The van der Waals surface area contributed by atoms with Crippen molar-refractivity contribution in [1.29, 1.82) is 0 Å². The molecule has 0 bridgehead atoms. The van der Waals surface area contributed by atoms with Gasteiger partial charge in [0.2, 0.25) is 0 Å². The molecule has 0 atom stereocenters. The first-order valence-corrected chi connectivity index (χ1v) is 7.15. The molecule has 0 radical (unpaired) electrons. The highest BCUT2D eigenvalue weighted by Gasteiger charge is 2.19. The van der Waals surface area contributed by atoms with E-state index in [1.165, 1.54) is 37.4 Å². The van der Waals surface area contributed by atoms with Gasteiger partial charge in [-0.3, -0.25) is 10.1 Å². The van der Waals surface area contributed by atoms with Crippen LogP contribution in [0.1, 0.15) is 10.4 Å². The molecule has 0 unspecified atom stereocenters. The molecule has 22 heavy (non-hydrogen) atoms. The van der Waals surface area contributed by atoms with Crippen LogP contribution in [-0.2, 0) is 0 Å². The van der Waals surface area contributed by atoms with Gasteiger partial charge in [0.25, 0.3) is 5.69 Å². The SMILES string of the molecule is COc1ccc(Sc2cc(Cl)ccc2[N+](=O)[O-])c(C(=O)O)c1. The molecule has 6 nitrogen and oxygen atoms in total. The Morgan fingerprint density at radius 1 is 1.27 bits per heavy atom. The van der Waals surface area contributed by atoms with Gasteiger partial charge in [-0.15, -0.1) is 0 Å². The van der Waals surface area contributed by atoms with E-state index in [-0.39, 0.29) is 16.1 Å². The van der Waals surface area contributed by atoms with Crippen molar-refractivity contribution in [3.05, 3.63) is 57.1 Å². The number of ether oxygens (including phenoxy) is 1. The Labute approximate surface area is 134 Å². The second-order valence-electron chi connectivity index (χ2n) is 4.14. The molecule has 0 aromatic heterocycles. The molecule has 0 aliphatic rings. The minimum absolute atomic E-state index is 0.00127. The van der Waals surface area contributed by atoms with E-state index in [1.54, 1.807) is 6.07 Å². The fourth-order valence-electron chi connectivity index (χ4n) is 1.73. The lowest BCUT2D eigenvalue weighted by Crippen LogP contribution is -2.00. The number of carbonyl (C=O) groups is 1. The van der Waals surface area contributed by atoms with E-state index in [0.717, 1.165) is 11.8 Å². The predicted octanol–water partition coefficient (Wildman–Crippen LogP) is 4.11. The number of hydrogen-bond donors (Lipinski definition) is 1. The van der Waals surface area contributed by atoms with Gasteiger partial charge in [0.1, 0.15) is 5.75 Å². The zero-order valence-corrected chi connectivity index (χ0v) is 12.9. The Kier molecular flexibility index (Phi) is 4.89. The average Bonchev–Trinajstić information content (AvgIpc) is 2.47. The van der Waals surface area contributed by atoms with E-state index in [4.69, 9.17) is 16.3 Å². The molecule has 2 aromatic rings. The number of methoxy groups -OCH3 is 1. The van der Waals surface area contributed by atoms with E-state index >= 15 is 0 Å². The molecular weight excluding hydrogens is 330 g/mol. The molecule has 8 heteroatoms. The van der Waals surface area contributed by atoms with Crippen LogP contribution in [0.25, 0.3) is 0 Å². The topological polar surface area (TPSA) is 89.7 Å².